The predicted octanol–water partition coefficient (Wildman–Crippen LogP) is 10.3. The van der Waals surface area contributed by atoms with Crippen molar-refractivity contribution in [2.45, 2.75) is 0 Å². The van der Waals surface area contributed by atoms with Crippen molar-refractivity contribution in [3.63, 3.8) is 0 Å². The first-order valence-electron chi connectivity index (χ1n) is 12.8. The number of benzene rings is 2. The van der Waals surface area contributed by atoms with Crippen molar-refractivity contribution in [2.75, 3.05) is 10.6 Å². The molecule has 0 saturated carbocycles. The van der Waals surface area contributed by atoms with Crippen molar-refractivity contribution in [3.8, 4) is 22.5 Å². The second-order valence-corrected chi connectivity index (χ2v) is 13.5. The summed E-state index contributed by atoms with van der Waals surface area (Å²) in [6.07, 6.45) is 12.8. The summed E-state index contributed by atoms with van der Waals surface area (Å²) in [5.74, 6) is -0.241. The number of thiazole rings is 2. The molecule has 13 heteroatoms. The zero-order chi connectivity index (χ0) is 31.1. The molecule has 45 heavy (non-hydrogen) atoms. The third kappa shape index (κ3) is 10.0. The van der Waals surface area contributed by atoms with E-state index in [4.69, 9.17) is 23.2 Å². The molecular weight excluding hydrogens is 826 g/mol. The first-order valence-corrected chi connectivity index (χ1v) is 16.9. The Morgan fingerprint density at radius 2 is 1.00 bits per heavy atom. The quantitative estimate of drug-likeness (QED) is 0.149. The number of rotatable bonds is 6. The number of hydrogen-bond acceptors (Lipinski definition) is 8. The van der Waals surface area contributed by atoms with Crippen molar-refractivity contribution in [2.24, 2.45) is 0 Å². The average molecular weight is 846 g/mol. The smallest absolute Gasteiger partial charge is 0.188 e. The van der Waals surface area contributed by atoms with Crippen LogP contribution in [0.15, 0.2) is 138 Å². The molecule has 6 nitrogen and oxygen atoms in total. The van der Waals surface area contributed by atoms with Gasteiger partial charge in [-0.1, -0.05) is 79.3 Å². The minimum Gasteiger partial charge on any atom is -0.337 e. The van der Waals surface area contributed by atoms with Crippen molar-refractivity contribution in [1.82, 2.24) is 9.97 Å². The van der Waals surface area contributed by atoms with E-state index in [1.54, 1.807) is 36.7 Å². The Bertz CT molecular complexity index is 1760. The van der Waals surface area contributed by atoms with Gasteiger partial charge in [0.15, 0.2) is 21.8 Å². The van der Waals surface area contributed by atoms with E-state index < -0.39 is 0 Å². The van der Waals surface area contributed by atoms with Gasteiger partial charge in [0.25, 0.3) is 0 Å². The van der Waals surface area contributed by atoms with Gasteiger partial charge >= 0.3 is 0 Å². The summed E-state index contributed by atoms with van der Waals surface area (Å²) in [7, 11) is 0. The van der Waals surface area contributed by atoms with Crippen molar-refractivity contribution in [3.05, 3.63) is 138 Å². The number of carbonyl (C=O) groups is 2. The number of nitrogens with zero attached hydrogens (tertiary/aromatic N) is 2. The fraction of sp³-hybridized carbons (Fsp3) is 0. The average Bonchev–Trinajstić information content (AvgIpc) is 3.68. The van der Waals surface area contributed by atoms with Gasteiger partial charge in [0.05, 0.1) is 11.4 Å². The van der Waals surface area contributed by atoms with Crippen LogP contribution in [0.4, 0.5) is 10.3 Å². The Balaban J connectivity index is 0.000000200. The Kier molecular flexibility index (Phi) is 12.9. The second kappa shape index (κ2) is 16.6. The summed E-state index contributed by atoms with van der Waals surface area (Å²) >= 11 is 21.3. The van der Waals surface area contributed by atoms with Gasteiger partial charge in [0, 0.05) is 93.1 Å². The molecule has 0 aliphatic heterocycles. The van der Waals surface area contributed by atoms with Gasteiger partial charge in [-0.15, -0.1) is 22.7 Å². The van der Waals surface area contributed by atoms with Crippen LogP contribution in [0.3, 0.4) is 0 Å². The number of nitrogens with one attached hydrogen (secondary N) is 2. The third-order valence-electron chi connectivity index (χ3n) is 5.94. The summed E-state index contributed by atoms with van der Waals surface area (Å²) in [4.78, 5) is 32.5. The first kappa shape index (κ1) is 35.0. The summed E-state index contributed by atoms with van der Waals surface area (Å²) < 4.78 is 2.06. The number of aromatic nitrogens is 2. The molecular formula is C32H20Br2Cl2N4NiO2S2. The summed E-state index contributed by atoms with van der Waals surface area (Å²) in [6, 6.07) is 15.9. The SMILES string of the molecule is O=C1C=C(Cl)C=C/C1=C/Nc1nc(-c2ccc(Br)cc2)cs1.O=C1C=C(Cl)C=C/C1=C/Nc1nc(-c2ccc(Br)cc2)cs1.[Ni]. The number of ketones is 2. The van der Waals surface area contributed by atoms with Gasteiger partial charge in [-0.25, -0.2) is 9.97 Å². The van der Waals surface area contributed by atoms with Gasteiger partial charge in [0.2, 0.25) is 0 Å². The molecule has 0 spiro atoms. The van der Waals surface area contributed by atoms with Crippen molar-refractivity contribution >= 4 is 99.6 Å². The number of allylic oxidation sites excluding steroid dienone is 10. The minimum atomic E-state index is -0.121. The van der Waals surface area contributed by atoms with E-state index in [0.717, 1.165) is 41.7 Å². The predicted molar refractivity (Wildman–Crippen MR) is 190 cm³/mol. The van der Waals surface area contributed by atoms with Gasteiger partial charge in [-0.3, -0.25) is 9.59 Å². The molecule has 2 aromatic heterocycles. The molecule has 0 amide bonds. The first-order chi connectivity index (χ1) is 21.2. The zero-order valence-corrected chi connectivity index (χ0v) is 30.1. The number of halogens is 4. The molecule has 0 atom stereocenters. The zero-order valence-electron chi connectivity index (χ0n) is 22.7. The summed E-state index contributed by atoms with van der Waals surface area (Å²) in [5.41, 5.74) is 4.97. The van der Waals surface area contributed by atoms with Gasteiger partial charge in [-0.2, -0.15) is 0 Å². The second-order valence-electron chi connectivity index (χ2n) is 9.03. The molecule has 2 N–H and O–H groups in total. The van der Waals surface area contributed by atoms with Crippen molar-refractivity contribution < 1.29 is 26.1 Å². The van der Waals surface area contributed by atoms with Crippen LogP contribution in [0.1, 0.15) is 0 Å². The third-order valence-corrected chi connectivity index (χ3v) is 9.02. The Morgan fingerprint density at radius 1 is 0.622 bits per heavy atom. The molecule has 230 valence electrons. The van der Waals surface area contributed by atoms with Crippen LogP contribution in [0.2, 0.25) is 0 Å². The van der Waals surface area contributed by atoms with Crippen LogP contribution in [-0.2, 0) is 26.1 Å². The minimum absolute atomic E-state index is 0. The molecule has 0 bridgehead atoms. The van der Waals surface area contributed by atoms with Crippen LogP contribution in [0, 0.1) is 0 Å². The molecule has 2 aliphatic rings. The molecule has 0 unspecified atom stereocenters. The van der Waals surface area contributed by atoms with Crippen LogP contribution in [0.5, 0.6) is 0 Å². The number of hydrogen-bond donors (Lipinski definition) is 2. The Hall–Kier alpha value is -2.89. The van der Waals surface area contributed by atoms with E-state index in [-0.39, 0.29) is 28.1 Å². The summed E-state index contributed by atoms with van der Waals surface area (Å²) in [6.45, 7) is 0. The Morgan fingerprint density at radius 3 is 1.36 bits per heavy atom. The van der Waals surface area contributed by atoms with E-state index in [1.165, 1.54) is 34.8 Å². The topological polar surface area (TPSA) is 84.0 Å². The Labute approximate surface area is 304 Å². The molecule has 0 radical (unpaired) electrons. The molecule has 0 saturated heterocycles. The van der Waals surface area contributed by atoms with Gasteiger partial charge in [0.1, 0.15) is 0 Å². The molecule has 4 aromatic rings. The van der Waals surface area contributed by atoms with Crippen molar-refractivity contribution in [1.29, 1.82) is 0 Å². The van der Waals surface area contributed by atoms with E-state index >= 15 is 0 Å². The van der Waals surface area contributed by atoms with Crippen LogP contribution >= 0.6 is 77.7 Å². The maximum atomic E-state index is 11.7. The van der Waals surface area contributed by atoms with E-state index in [2.05, 4.69) is 52.5 Å². The number of carbonyl (C=O) groups excluding carboxylic acids is 2. The normalized spacial score (nSPS) is 15.6. The van der Waals surface area contributed by atoms with Crippen LogP contribution < -0.4 is 10.6 Å². The largest absolute Gasteiger partial charge is 0.337 e. The fourth-order valence-electron chi connectivity index (χ4n) is 3.72. The van der Waals surface area contributed by atoms with Gasteiger partial charge < -0.3 is 10.6 Å². The molecule has 6 rings (SSSR count). The maximum absolute atomic E-state index is 11.7. The van der Waals surface area contributed by atoms with E-state index in [9.17, 15) is 9.59 Å². The molecule has 2 aliphatic carbocycles. The van der Waals surface area contributed by atoms with Crippen LogP contribution in [-0.4, -0.2) is 21.5 Å². The van der Waals surface area contributed by atoms with E-state index in [0.29, 0.717) is 21.2 Å². The molecule has 0 fully saturated rings. The standard InChI is InChI=1S/2C16H10BrClN2OS.Ni/c2*17-12-4-1-10(2-5-12)14-9-22-16(20-14)19-8-11-3-6-13(18)7-15(11)21;/h2*1-9H,(H,19,20);/b2*11-8-;. The van der Waals surface area contributed by atoms with Gasteiger partial charge in [-0.05, 0) is 48.6 Å². The monoisotopic (exact) mass is 842 g/mol. The summed E-state index contributed by atoms with van der Waals surface area (Å²) in [5, 5.41) is 12.4. The number of anilines is 2. The molecule has 2 aromatic carbocycles. The fourth-order valence-corrected chi connectivity index (χ4v) is 5.95. The van der Waals surface area contributed by atoms with Crippen LogP contribution in [0.25, 0.3) is 22.5 Å². The molecule has 2 heterocycles. The maximum Gasteiger partial charge on any atom is 0.188 e. The van der Waals surface area contributed by atoms with E-state index in [1.807, 2.05) is 59.3 Å².